The number of nitrogens with zero attached hydrogens (tertiary/aromatic N) is 4. The fourth-order valence-electron chi connectivity index (χ4n) is 3.30. The molecule has 0 unspecified atom stereocenters. The zero-order chi connectivity index (χ0) is 16.4. The van der Waals surface area contributed by atoms with Crippen molar-refractivity contribution in [2.45, 2.75) is 26.7 Å². The Morgan fingerprint density at radius 1 is 1.39 bits per heavy atom. The number of fused-ring (bicyclic) bond motifs is 1. The van der Waals surface area contributed by atoms with Crippen molar-refractivity contribution in [3.05, 3.63) is 23.5 Å². The normalized spacial score (nSPS) is 16.2. The molecule has 0 spiro atoms. The Morgan fingerprint density at radius 2 is 2.13 bits per heavy atom. The SMILES string of the molecule is CCNCC1CCN(C(=O)c2cnc3c(c2)c(C)nn3C)CC1. The van der Waals surface area contributed by atoms with Gasteiger partial charge in [-0.1, -0.05) is 6.92 Å². The lowest BCUT2D eigenvalue weighted by atomic mass is 9.96. The van der Waals surface area contributed by atoms with Crippen LogP contribution in [0.15, 0.2) is 12.3 Å². The summed E-state index contributed by atoms with van der Waals surface area (Å²) in [5.74, 6) is 0.768. The molecule has 1 saturated heterocycles. The molecule has 0 saturated carbocycles. The summed E-state index contributed by atoms with van der Waals surface area (Å²) >= 11 is 0. The molecule has 3 rings (SSSR count). The van der Waals surface area contributed by atoms with Crippen molar-refractivity contribution in [1.29, 1.82) is 0 Å². The molecule has 3 heterocycles. The van der Waals surface area contributed by atoms with Crippen LogP contribution in [0.2, 0.25) is 0 Å². The van der Waals surface area contributed by atoms with Gasteiger partial charge in [-0.05, 0) is 44.8 Å². The average Bonchev–Trinajstić information content (AvgIpc) is 2.86. The number of rotatable bonds is 4. The Bertz CT molecular complexity index is 700. The van der Waals surface area contributed by atoms with E-state index in [0.29, 0.717) is 11.5 Å². The van der Waals surface area contributed by atoms with Crippen LogP contribution in [0, 0.1) is 12.8 Å². The highest BCUT2D eigenvalue weighted by Gasteiger charge is 2.24. The van der Waals surface area contributed by atoms with Crippen LogP contribution in [-0.2, 0) is 7.05 Å². The molecular weight excluding hydrogens is 290 g/mol. The van der Waals surface area contributed by atoms with Gasteiger partial charge in [0.1, 0.15) is 0 Å². The highest BCUT2D eigenvalue weighted by molar-refractivity contribution is 5.97. The summed E-state index contributed by atoms with van der Waals surface area (Å²) < 4.78 is 1.76. The first-order valence-corrected chi connectivity index (χ1v) is 8.39. The molecule has 0 radical (unpaired) electrons. The van der Waals surface area contributed by atoms with Gasteiger partial charge in [0.2, 0.25) is 0 Å². The van der Waals surface area contributed by atoms with E-state index in [2.05, 4.69) is 22.3 Å². The van der Waals surface area contributed by atoms with E-state index in [9.17, 15) is 4.79 Å². The first-order chi connectivity index (χ1) is 11.1. The van der Waals surface area contributed by atoms with Crippen LogP contribution in [-0.4, -0.2) is 51.8 Å². The molecule has 23 heavy (non-hydrogen) atoms. The van der Waals surface area contributed by atoms with Gasteiger partial charge in [-0.15, -0.1) is 0 Å². The van der Waals surface area contributed by atoms with E-state index < -0.39 is 0 Å². The zero-order valence-electron chi connectivity index (χ0n) is 14.2. The Kier molecular flexibility index (Phi) is 4.61. The quantitative estimate of drug-likeness (QED) is 0.933. The molecular formula is C17H25N5O. The summed E-state index contributed by atoms with van der Waals surface area (Å²) in [5.41, 5.74) is 2.40. The number of carbonyl (C=O) groups is 1. The minimum atomic E-state index is 0.0875. The third-order valence-electron chi connectivity index (χ3n) is 4.69. The number of nitrogens with one attached hydrogen (secondary N) is 1. The van der Waals surface area contributed by atoms with E-state index in [1.165, 1.54) is 0 Å². The van der Waals surface area contributed by atoms with E-state index in [1.807, 2.05) is 24.9 Å². The number of carbonyl (C=O) groups excluding carboxylic acids is 1. The van der Waals surface area contributed by atoms with Crippen LogP contribution in [0.4, 0.5) is 0 Å². The maximum absolute atomic E-state index is 12.7. The molecule has 0 aliphatic carbocycles. The smallest absolute Gasteiger partial charge is 0.255 e. The van der Waals surface area contributed by atoms with Gasteiger partial charge in [0.25, 0.3) is 5.91 Å². The van der Waals surface area contributed by atoms with Crippen molar-refractivity contribution in [2.75, 3.05) is 26.2 Å². The van der Waals surface area contributed by atoms with E-state index in [-0.39, 0.29) is 5.91 Å². The molecule has 0 aromatic carbocycles. The zero-order valence-corrected chi connectivity index (χ0v) is 14.2. The molecule has 1 amide bonds. The number of pyridine rings is 1. The van der Waals surface area contributed by atoms with Crippen molar-refractivity contribution in [3.8, 4) is 0 Å². The molecule has 2 aromatic heterocycles. The van der Waals surface area contributed by atoms with E-state index in [1.54, 1.807) is 10.9 Å². The van der Waals surface area contributed by atoms with Crippen LogP contribution in [0.3, 0.4) is 0 Å². The molecule has 6 heteroatoms. The Hall–Kier alpha value is -1.95. The maximum Gasteiger partial charge on any atom is 0.255 e. The van der Waals surface area contributed by atoms with Gasteiger partial charge < -0.3 is 10.2 Å². The third kappa shape index (κ3) is 3.22. The van der Waals surface area contributed by atoms with Crippen molar-refractivity contribution in [3.63, 3.8) is 0 Å². The molecule has 1 N–H and O–H groups in total. The number of aryl methyl sites for hydroxylation is 2. The van der Waals surface area contributed by atoms with Crippen molar-refractivity contribution >= 4 is 16.9 Å². The van der Waals surface area contributed by atoms with E-state index in [0.717, 1.165) is 55.7 Å². The lowest BCUT2D eigenvalue weighted by molar-refractivity contribution is 0.0690. The third-order valence-corrected chi connectivity index (χ3v) is 4.69. The van der Waals surface area contributed by atoms with E-state index in [4.69, 9.17) is 0 Å². The Morgan fingerprint density at radius 3 is 2.83 bits per heavy atom. The van der Waals surface area contributed by atoms with Gasteiger partial charge in [-0.2, -0.15) is 5.10 Å². The maximum atomic E-state index is 12.7. The van der Waals surface area contributed by atoms with Crippen molar-refractivity contribution < 1.29 is 4.79 Å². The standard InChI is InChI=1S/C17H25N5O/c1-4-18-10-13-5-7-22(8-6-13)17(23)14-9-15-12(2)20-21(3)16(15)19-11-14/h9,11,13,18H,4-8,10H2,1-3H3. The topological polar surface area (TPSA) is 63.1 Å². The van der Waals surface area contributed by atoms with Gasteiger partial charge >= 0.3 is 0 Å². The number of hydrogen-bond acceptors (Lipinski definition) is 4. The van der Waals surface area contributed by atoms with Crippen LogP contribution in [0.5, 0.6) is 0 Å². The predicted molar refractivity (Wildman–Crippen MR) is 90.4 cm³/mol. The van der Waals surface area contributed by atoms with Crippen LogP contribution in [0.25, 0.3) is 11.0 Å². The van der Waals surface area contributed by atoms with Gasteiger partial charge in [0.05, 0.1) is 11.3 Å². The van der Waals surface area contributed by atoms with Gasteiger partial charge in [-0.25, -0.2) is 4.98 Å². The van der Waals surface area contributed by atoms with E-state index >= 15 is 0 Å². The summed E-state index contributed by atoms with van der Waals surface area (Å²) in [5, 5.41) is 8.72. The molecule has 124 valence electrons. The highest BCUT2D eigenvalue weighted by Crippen LogP contribution is 2.21. The first kappa shape index (κ1) is 15.9. The minimum Gasteiger partial charge on any atom is -0.339 e. The lowest BCUT2D eigenvalue weighted by Gasteiger charge is -2.32. The highest BCUT2D eigenvalue weighted by atomic mass is 16.2. The van der Waals surface area contributed by atoms with Crippen molar-refractivity contribution in [1.82, 2.24) is 25.0 Å². The average molecular weight is 315 g/mol. The largest absolute Gasteiger partial charge is 0.339 e. The second kappa shape index (κ2) is 6.66. The number of likely N-dealkylation sites (tertiary alicyclic amines) is 1. The summed E-state index contributed by atoms with van der Waals surface area (Å²) in [4.78, 5) is 19.1. The number of piperidine rings is 1. The fraction of sp³-hybridized carbons (Fsp3) is 0.588. The summed E-state index contributed by atoms with van der Waals surface area (Å²) in [6.45, 7) is 7.81. The number of amides is 1. The van der Waals surface area contributed by atoms with Crippen LogP contribution >= 0.6 is 0 Å². The molecule has 2 aromatic rings. The van der Waals surface area contributed by atoms with Crippen molar-refractivity contribution in [2.24, 2.45) is 13.0 Å². The summed E-state index contributed by atoms with van der Waals surface area (Å²) in [6, 6.07) is 1.93. The minimum absolute atomic E-state index is 0.0875. The summed E-state index contributed by atoms with van der Waals surface area (Å²) in [7, 11) is 1.87. The molecule has 6 nitrogen and oxygen atoms in total. The second-order valence-corrected chi connectivity index (χ2v) is 6.35. The van der Waals surface area contributed by atoms with Gasteiger partial charge in [0.15, 0.2) is 5.65 Å². The summed E-state index contributed by atoms with van der Waals surface area (Å²) in [6.07, 6.45) is 3.82. The van der Waals surface area contributed by atoms with Crippen LogP contribution < -0.4 is 5.32 Å². The van der Waals surface area contributed by atoms with Crippen LogP contribution in [0.1, 0.15) is 35.8 Å². The molecule has 1 fully saturated rings. The first-order valence-electron chi connectivity index (χ1n) is 8.39. The predicted octanol–water partition coefficient (Wildman–Crippen LogP) is 1.74. The van der Waals surface area contributed by atoms with Gasteiger partial charge in [0, 0.05) is 31.7 Å². The number of aromatic nitrogens is 3. The molecule has 0 bridgehead atoms. The fourth-order valence-corrected chi connectivity index (χ4v) is 3.30. The monoisotopic (exact) mass is 315 g/mol. The Balaban J connectivity index is 1.70. The lowest BCUT2D eigenvalue weighted by Crippen LogP contribution is -2.40. The molecule has 0 atom stereocenters. The Labute approximate surface area is 136 Å². The molecule has 1 aliphatic rings. The van der Waals surface area contributed by atoms with Gasteiger partial charge in [-0.3, -0.25) is 9.48 Å². The number of hydrogen-bond donors (Lipinski definition) is 1. The second-order valence-electron chi connectivity index (χ2n) is 6.35. The molecule has 1 aliphatic heterocycles.